The summed E-state index contributed by atoms with van der Waals surface area (Å²) >= 11 is 6.35. The van der Waals surface area contributed by atoms with Gasteiger partial charge in [-0.1, -0.05) is 54.1 Å². The molecule has 2 heterocycles. The predicted molar refractivity (Wildman–Crippen MR) is 103 cm³/mol. The zero-order valence-corrected chi connectivity index (χ0v) is 14.5. The number of halogens is 1. The van der Waals surface area contributed by atoms with Gasteiger partial charge in [-0.05, 0) is 46.5 Å². The van der Waals surface area contributed by atoms with Crippen molar-refractivity contribution >= 4 is 11.6 Å². The van der Waals surface area contributed by atoms with Crippen LogP contribution in [0.2, 0.25) is 5.02 Å². The summed E-state index contributed by atoms with van der Waals surface area (Å²) in [6.07, 6.45) is 3.73. The molecule has 122 valence electrons. The second kappa shape index (κ2) is 4.80. The summed E-state index contributed by atoms with van der Waals surface area (Å²) in [5, 5.41) is 0.732. The van der Waals surface area contributed by atoms with E-state index >= 15 is 0 Å². The van der Waals surface area contributed by atoms with Crippen molar-refractivity contribution in [1.82, 2.24) is 9.97 Å². The molecule has 1 spiro atoms. The van der Waals surface area contributed by atoms with Gasteiger partial charge in [0.1, 0.15) is 0 Å². The van der Waals surface area contributed by atoms with Crippen molar-refractivity contribution in [3.8, 4) is 22.5 Å². The van der Waals surface area contributed by atoms with E-state index in [2.05, 4.69) is 42.5 Å². The van der Waals surface area contributed by atoms with Crippen LogP contribution in [0.1, 0.15) is 22.3 Å². The average Bonchev–Trinajstić information content (AvgIpc) is 3.15. The normalized spacial score (nSPS) is 18.3. The van der Waals surface area contributed by atoms with Gasteiger partial charge in [-0.2, -0.15) is 0 Å². The second-order valence-corrected chi connectivity index (χ2v) is 7.22. The van der Waals surface area contributed by atoms with Crippen molar-refractivity contribution in [3.05, 3.63) is 106 Å². The summed E-state index contributed by atoms with van der Waals surface area (Å²) in [7, 11) is 0. The van der Waals surface area contributed by atoms with E-state index in [1.165, 1.54) is 27.8 Å². The molecule has 0 saturated heterocycles. The minimum absolute atomic E-state index is 0.371. The molecule has 0 fully saturated rings. The Morgan fingerprint density at radius 1 is 0.615 bits per heavy atom. The van der Waals surface area contributed by atoms with E-state index < -0.39 is 0 Å². The number of hydrogen-bond donors (Lipinski definition) is 0. The van der Waals surface area contributed by atoms with Crippen LogP contribution < -0.4 is 0 Å². The molecule has 1 unspecified atom stereocenters. The first kappa shape index (κ1) is 14.2. The highest BCUT2D eigenvalue weighted by atomic mass is 35.5. The molecular weight excluding hydrogens is 340 g/mol. The molecule has 0 radical (unpaired) electrons. The lowest BCUT2D eigenvalue weighted by molar-refractivity contribution is 0.789. The number of aromatic nitrogens is 2. The molecule has 3 heteroatoms. The fraction of sp³-hybridized carbons (Fsp3) is 0.0435. The van der Waals surface area contributed by atoms with Crippen LogP contribution in [0.15, 0.2) is 79.1 Å². The predicted octanol–water partition coefficient (Wildman–Crippen LogP) is 5.47. The first-order valence-corrected chi connectivity index (χ1v) is 9.01. The van der Waals surface area contributed by atoms with Crippen molar-refractivity contribution in [1.29, 1.82) is 0 Å². The van der Waals surface area contributed by atoms with E-state index in [1.54, 1.807) is 0 Å². The number of hydrogen-bond acceptors (Lipinski definition) is 2. The van der Waals surface area contributed by atoms with Crippen LogP contribution in [0.4, 0.5) is 0 Å². The first-order valence-electron chi connectivity index (χ1n) is 8.63. The molecule has 0 bridgehead atoms. The van der Waals surface area contributed by atoms with E-state index in [4.69, 9.17) is 21.6 Å². The lowest BCUT2D eigenvalue weighted by atomic mass is 9.71. The fourth-order valence-electron chi connectivity index (χ4n) is 4.77. The van der Waals surface area contributed by atoms with Gasteiger partial charge in [0.05, 0.1) is 16.8 Å². The molecule has 2 aromatic heterocycles. The van der Waals surface area contributed by atoms with Gasteiger partial charge < -0.3 is 0 Å². The summed E-state index contributed by atoms with van der Waals surface area (Å²) in [6, 6.07) is 23.2. The largest absolute Gasteiger partial charge is 0.256 e. The maximum Gasteiger partial charge on any atom is 0.0757 e. The van der Waals surface area contributed by atoms with Gasteiger partial charge >= 0.3 is 0 Å². The molecule has 2 aromatic carbocycles. The molecule has 1 atom stereocenters. The molecule has 0 saturated carbocycles. The molecule has 26 heavy (non-hydrogen) atoms. The van der Waals surface area contributed by atoms with E-state index in [0.717, 1.165) is 22.0 Å². The average molecular weight is 353 g/mol. The van der Waals surface area contributed by atoms with Crippen LogP contribution in [0.25, 0.3) is 22.5 Å². The summed E-state index contributed by atoms with van der Waals surface area (Å²) in [5.74, 6) is 0. The van der Waals surface area contributed by atoms with Gasteiger partial charge in [0.25, 0.3) is 0 Å². The van der Waals surface area contributed by atoms with Gasteiger partial charge in [0.15, 0.2) is 0 Å². The third-order valence-electron chi connectivity index (χ3n) is 5.65. The molecule has 2 nitrogen and oxygen atoms in total. The maximum absolute atomic E-state index is 6.35. The molecule has 4 aromatic rings. The minimum Gasteiger partial charge on any atom is -0.256 e. The Bertz CT molecular complexity index is 1170. The Labute approximate surface area is 156 Å². The minimum atomic E-state index is -0.371. The summed E-state index contributed by atoms with van der Waals surface area (Å²) < 4.78 is 0. The molecule has 0 aliphatic heterocycles. The van der Waals surface area contributed by atoms with Crippen molar-refractivity contribution < 1.29 is 0 Å². The van der Waals surface area contributed by atoms with Crippen LogP contribution in [0.3, 0.4) is 0 Å². The highest BCUT2D eigenvalue weighted by molar-refractivity contribution is 6.31. The molecular formula is C23H13ClN2. The van der Waals surface area contributed by atoms with Crippen molar-refractivity contribution in [3.63, 3.8) is 0 Å². The monoisotopic (exact) mass is 352 g/mol. The van der Waals surface area contributed by atoms with E-state index in [1.807, 2.05) is 36.7 Å². The number of rotatable bonds is 0. The van der Waals surface area contributed by atoms with Crippen LogP contribution in [0, 0.1) is 0 Å². The molecule has 2 aliphatic carbocycles. The highest BCUT2D eigenvalue weighted by Crippen LogP contribution is 2.61. The van der Waals surface area contributed by atoms with Gasteiger partial charge in [-0.15, -0.1) is 0 Å². The maximum atomic E-state index is 6.35. The van der Waals surface area contributed by atoms with Crippen molar-refractivity contribution in [2.24, 2.45) is 0 Å². The van der Waals surface area contributed by atoms with Crippen molar-refractivity contribution in [2.75, 3.05) is 0 Å². The zero-order chi connectivity index (χ0) is 17.3. The number of benzene rings is 2. The zero-order valence-electron chi connectivity index (χ0n) is 13.8. The Hall–Kier alpha value is -2.97. The Morgan fingerprint density at radius 2 is 1.23 bits per heavy atom. The SMILES string of the molecule is Clc1ccc2c(c1)-c1ncccc1C21c2ccccc2-c2ncccc21. The molecule has 2 aliphatic rings. The quantitative estimate of drug-likeness (QED) is 0.362. The van der Waals surface area contributed by atoms with Crippen LogP contribution in [0.5, 0.6) is 0 Å². The third kappa shape index (κ3) is 1.50. The van der Waals surface area contributed by atoms with Gasteiger partial charge in [0.2, 0.25) is 0 Å². The van der Waals surface area contributed by atoms with Gasteiger partial charge in [-0.3, -0.25) is 9.97 Å². The van der Waals surface area contributed by atoms with Crippen LogP contribution in [-0.4, -0.2) is 9.97 Å². The van der Waals surface area contributed by atoms with E-state index in [9.17, 15) is 0 Å². The third-order valence-corrected chi connectivity index (χ3v) is 5.89. The van der Waals surface area contributed by atoms with E-state index in [-0.39, 0.29) is 5.41 Å². The molecule has 6 rings (SSSR count). The highest BCUT2D eigenvalue weighted by Gasteiger charge is 2.52. The van der Waals surface area contributed by atoms with E-state index in [0.29, 0.717) is 0 Å². The van der Waals surface area contributed by atoms with Gasteiger partial charge in [-0.25, -0.2) is 0 Å². The van der Waals surface area contributed by atoms with Crippen molar-refractivity contribution in [2.45, 2.75) is 5.41 Å². The Balaban J connectivity index is 1.87. The Kier molecular flexibility index (Phi) is 2.63. The molecule has 0 amide bonds. The summed E-state index contributed by atoms with van der Waals surface area (Å²) in [4.78, 5) is 9.46. The smallest absolute Gasteiger partial charge is 0.0757 e. The number of fused-ring (bicyclic) bond motifs is 10. The number of pyridine rings is 2. The van der Waals surface area contributed by atoms with Gasteiger partial charge in [0, 0.05) is 28.5 Å². The lowest BCUT2D eigenvalue weighted by Gasteiger charge is -2.29. The van der Waals surface area contributed by atoms with Crippen LogP contribution >= 0.6 is 11.6 Å². The summed E-state index contributed by atoms with van der Waals surface area (Å²) in [5.41, 5.74) is 8.92. The second-order valence-electron chi connectivity index (χ2n) is 6.78. The topological polar surface area (TPSA) is 25.8 Å². The first-order chi connectivity index (χ1) is 12.8. The van der Waals surface area contributed by atoms with Crippen LogP contribution in [-0.2, 0) is 5.41 Å². The number of nitrogens with zero attached hydrogens (tertiary/aromatic N) is 2. The lowest BCUT2D eigenvalue weighted by Crippen LogP contribution is -2.25. The summed E-state index contributed by atoms with van der Waals surface area (Å²) in [6.45, 7) is 0. The molecule has 0 N–H and O–H groups in total. The Morgan fingerprint density at radius 3 is 2.00 bits per heavy atom. The fourth-order valence-corrected chi connectivity index (χ4v) is 4.94. The standard InChI is InChI=1S/C23H13ClN2/c24-14-9-10-18-16(13-14)22-20(8-4-12-26-22)23(18)17-6-2-1-5-15(17)21-19(23)7-3-11-25-21/h1-13H.